The zero-order chi connectivity index (χ0) is 14.1. The number of benzene rings is 2. The summed E-state index contributed by atoms with van der Waals surface area (Å²) in [4.78, 5) is 0. The third-order valence-corrected chi connectivity index (χ3v) is 3.61. The molecule has 0 bridgehead atoms. The van der Waals surface area contributed by atoms with Gasteiger partial charge in [-0.05, 0) is 42.3 Å². The van der Waals surface area contributed by atoms with Gasteiger partial charge in [-0.3, -0.25) is 0 Å². The maximum atomic E-state index is 5.91. The standard InChI is InChI=1S/C17H18N2O/c1-12-4-3-5-17-16(12)6-7-19(17)11-13-8-14(18)10-15(9-13)20-2/h3-10H,11,18H2,1-2H3. The van der Waals surface area contributed by atoms with Gasteiger partial charge in [-0.2, -0.15) is 0 Å². The molecule has 1 aromatic heterocycles. The Labute approximate surface area is 118 Å². The second-order valence-electron chi connectivity index (χ2n) is 5.07. The lowest BCUT2D eigenvalue weighted by molar-refractivity contribution is 0.414. The van der Waals surface area contributed by atoms with Crippen molar-refractivity contribution in [2.24, 2.45) is 0 Å². The van der Waals surface area contributed by atoms with E-state index in [0.717, 1.165) is 23.5 Å². The molecule has 3 aromatic rings. The first kappa shape index (κ1) is 12.6. The Balaban J connectivity index is 2.01. The van der Waals surface area contributed by atoms with E-state index in [1.54, 1.807) is 7.11 Å². The van der Waals surface area contributed by atoms with Crippen LogP contribution in [0.25, 0.3) is 10.9 Å². The van der Waals surface area contributed by atoms with Gasteiger partial charge in [0.25, 0.3) is 0 Å². The molecule has 3 heteroatoms. The predicted octanol–water partition coefficient (Wildman–Crippen LogP) is 3.59. The summed E-state index contributed by atoms with van der Waals surface area (Å²) in [5, 5.41) is 1.29. The summed E-state index contributed by atoms with van der Waals surface area (Å²) in [7, 11) is 1.66. The SMILES string of the molecule is COc1cc(N)cc(Cn2ccc3c(C)cccc32)c1. The second kappa shape index (κ2) is 4.93. The van der Waals surface area contributed by atoms with Gasteiger partial charge in [-0.1, -0.05) is 12.1 Å². The molecule has 0 unspecified atom stereocenters. The molecule has 0 atom stereocenters. The van der Waals surface area contributed by atoms with Gasteiger partial charge >= 0.3 is 0 Å². The highest BCUT2D eigenvalue weighted by Crippen LogP contribution is 2.23. The highest BCUT2D eigenvalue weighted by Gasteiger charge is 2.05. The fourth-order valence-electron chi connectivity index (χ4n) is 2.61. The smallest absolute Gasteiger partial charge is 0.121 e. The summed E-state index contributed by atoms with van der Waals surface area (Å²) < 4.78 is 7.50. The third kappa shape index (κ3) is 2.23. The van der Waals surface area contributed by atoms with Gasteiger partial charge in [-0.15, -0.1) is 0 Å². The molecule has 0 amide bonds. The highest BCUT2D eigenvalue weighted by atomic mass is 16.5. The summed E-state index contributed by atoms with van der Waals surface area (Å²) in [6, 6.07) is 14.4. The Bertz CT molecular complexity index is 759. The quantitative estimate of drug-likeness (QED) is 0.736. The van der Waals surface area contributed by atoms with Crippen molar-refractivity contribution in [1.29, 1.82) is 0 Å². The van der Waals surface area contributed by atoms with E-state index < -0.39 is 0 Å². The molecule has 0 aliphatic rings. The molecule has 0 spiro atoms. The lowest BCUT2D eigenvalue weighted by atomic mass is 10.1. The average molecular weight is 266 g/mol. The number of nitrogen functional groups attached to an aromatic ring is 1. The molecule has 102 valence electrons. The number of anilines is 1. The summed E-state index contributed by atoms with van der Waals surface area (Å²) in [6.07, 6.45) is 2.12. The van der Waals surface area contributed by atoms with Crippen LogP contribution in [0.1, 0.15) is 11.1 Å². The van der Waals surface area contributed by atoms with Crippen LogP contribution in [-0.2, 0) is 6.54 Å². The summed E-state index contributed by atoms with van der Waals surface area (Å²) in [5.41, 5.74) is 10.3. The van der Waals surface area contributed by atoms with Crippen molar-refractivity contribution in [3.63, 3.8) is 0 Å². The first-order valence-corrected chi connectivity index (χ1v) is 6.65. The fraction of sp³-hybridized carbons (Fsp3) is 0.176. The van der Waals surface area contributed by atoms with E-state index >= 15 is 0 Å². The maximum Gasteiger partial charge on any atom is 0.121 e. The molecular weight excluding hydrogens is 248 g/mol. The van der Waals surface area contributed by atoms with Crippen molar-refractivity contribution in [3.05, 3.63) is 59.8 Å². The highest BCUT2D eigenvalue weighted by molar-refractivity contribution is 5.83. The monoisotopic (exact) mass is 266 g/mol. The molecule has 3 rings (SSSR count). The number of nitrogens with two attached hydrogens (primary N) is 1. The van der Waals surface area contributed by atoms with Gasteiger partial charge in [0.15, 0.2) is 0 Å². The van der Waals surface area contributed by atoms with Crippen LogP contribution in [-0.4, -0.2) is 11.7 Å². The van der Waals surface area contributed by atoms with Crippen LogP contribution < -0.4 is 10.5 Å². The van der Waals surface area contributed by atoms with Crippen molar-refractivity contribution in [1.82, 2.24) is 4.57 Å². The lowest BCUT2D eigenvalue weighted by Gasteiger charge is -2.09. The van der Waals surface area contributed by atoms with E-state index in [1.807, 2.05) is 18.2 Å². The van der Waals surface area contributed by atoms with Gasteiger partial charge < -0.3 is 15.0 Å². The van der Waals surface area contributed by atoms with E-state index in [1.165, 1.54) is 16.5 Å². The van der Waals surface area contributed by atoms with Gasteiger partial charge in [0.05, 0.1) is 7.11 Å². The second-order valence-corrected chi connectivity index (χ2v) is 5.07. The molecule has 0 radical (unpaired) electrons. The molecule has 3 nitrogen and oxygen atoms in total. The van der Waals surface area contributed by atoms with Crippen LogP contribution in [0.4, 0.5) is 5.69 Å². The molecule has 1 heterocycles. The summed E-state index contributed by atoms with van der Waals surface area (Å²) in [6.45, 7) is 2.92. The largest absolute Gasteiger partial charge is 0.497 e. The first-order valence-electron chi connectivity index (χ1n) is 6.65. The molecule has 0 fully saturated rings. The van der Waals surface area contributed by atoms with Crippen LogP contribution in [0.15, 0.2) is 48.7 Å². The molecule has 2 aromatic carbocycles. The van der Waals surface area contributed by atoms with E-state index in [4.69, 9.17) is 10.5 Å². The number of hydrogen-bond acceptors (Lipinski definition) is 2. The third-order valence-electron chi connectivity index (χ3n) is 3.61. The van der Waals surface area contributed by atoms with Crippen LogP contribution in [0.5, 0.6) is 5.75 Å². The Kier molecular flexibility index (Phi) is 3.11. The first-order chi connectivity index (χ1) is 9.67. The zero-order valence-corrected chi connectivity index (χ0v) is 11.8. The average Bonchev–Trinajstić information content (AvgIpc) is 2.83. The van der Waals surface area contributed by atoms with Crippen LogP contribution in [0.2, 0.25) is 0 Å². The fourth-order valence-corrected chi connectivity index (χ4v) is 2.61. The number of nitrogens with zero attached hydrogens (tertiary/aromatic N) is 1. The summed E-state index contributed by atoms with van der Waals surface area (Å²) >= 11 is 0. The van der Waals surface area contributed by atoms with Crippen LogP contribution in [0, 0.1) is 6.92 Å². The number of methoxy groups -OCH3 is 1. The van der Waals surface area contributed by atoms with Gasteiger partial charge in [0.2, 0.25) is 0 Å². The topological polar surface area (TPSA) is 40.2 Å². The van der Waals surface area contributed by atoms with Crippen molar-refractivity contribution >= 4 is 16.6 Å². The molecule has 20 heavy (non-hydrogen) atoms. The number of fused-ring (bicyclic) bond motifs is 1. The van der Waals surface area contributed by atoms with Crippen molar-refractivity contribution in [3.8, 4) is 5.75 Å². The van der Waals surface area contributed by atoms with E-state index in [-0.39, 0.29) is 0 Å². The minimum Gasteiger partial charge on any atom is -0.497 e. The number of rotatable bonds is 3. The Morgan fingerprint density at radius 2 is 2.00 bits per heavy atom. The maximum absolute atomic E-state index is 5.91. The van der Waals surface area contributed by atoms with E-state index in [0.29, 0.717) is 0 Å². The minimum atomic E-state index is 0.729. The Hall–Kier alpha value is -2.42. The molecule has 0 saturated heterocycles. The number of hydrogen-bond donors (Lipinski definition) is 1. The normalized spacial score (nSPS) is 10.9. The Morgan fingerprint density at radius 1 is 1.15 bits per heavy atom. The van der Waals surface area contributed by atoms with Crippen molar-refractivity contribution in [2.45, 2.75) is 13.5 Å². The zero-order valence-electron chi connectivity index (χ0n) is 11.8. The molecule has 2 N–H and O–H groups in total. The van der Waals surface area contributed by atoms with E-state index in [9.17, 15) is 0 Å². The summed E-state index contributed by atoms with van der Waals surface area (Å²) in [5.74, 6) is 0.799. The van der Waals surface area contributed by atoms with E-state index in [2.05, 4.69) is 42.0 Å². The molecule has 0 aliphatic carbocycles. The van der Waals surface area contributed by atoms with Crippen LogP contribution >= 0.6 is 0 Å². The van der Waals surface area contributed by atoms with Gasteiger partial charge in [-0.25, -0.2) is 0 Å². The number of aryl methyl sites for hydroxylation is 1. The van der Waals surface area contributed by atoms with Gasteiger partial charge in [0, 0.05) is 35.4 Å². The molecular formula is C17H18N2O. The Morgan fingerprint density at radius 3 is 2.80 bits per heavy atom. The van der Waals surface area contributed by atoms with Gasteiger partial charge in [0.1, 0.15) is 5.75 Å². The lowest BCUT2D eigenvalue weighted by Crippen LogP contribution is -2.00. The minimum absolute atomic E-state index is 0.729. The number of ether oxygens (including phenoxy) is 1. The number of aromatic nitrogens is 1. The molecule has 0 saturated carbocycles. The molecule has 0 aliphatic heterocycles. The predicted molar refractivity (Wildman–Crippen MR) is 83.2 cm³/mol. The van der Waals surface area contributed by atoms with Crippen molar-refractivity contribution < 1.29 is 4.74 Å². The van der Waals surface area contributed by atoms with Crippen LogP contribution in [0.3, 0.4) is 0 Å². The van der Waals surface area contributed by atoms with Crippen molar-refractivity contribution in [2.75, 3.05) is 12.8 Å².